The van der Waals surface area contributed by atoms with Gasteiger partial charge in [-0.05, 0) is 18.5 Å². The van der Waals surface area contributed by atoms with Crippen molar-refractivity contribution >= 4 is 27.6 Å². The number of nitrogens with two attached hydrogens (primary N) is 1. The van der Waals surface area contributed by atoms with Crippen LogP contribution in [0.2, 0.25) is 0 Å². The molecule has 2 rings (SSSR count). The molecule has 0 radical (unpaired) electrons. The second-order valence-electron chi connectivity index (χ2n) is 3.05. The Hall–Kier alpha value is -1.27. The highest BCUT2D eigenvalue weighted by atomic mass is 32.1. The van der Waals surface area contributed by atoms with E-state index in [4.69, 9.17) is 5.73 Å². The maximum absolute atomic E-state index is 5.52. The van der Waals surface area contributed by atoms with Crippen molar-refractivity contribution in [3.8, 4) is 0 Å². The molecule has 1 unspecified atom stereocenters. The van der Waals surface area contributed by atoms with Gasteiger partial charge in [-0.3, -0.25) is 0 Å². The van der Waals surface area contributed by atoms with E-state index < -0.39 is 0 Å². The molecule has 0 aromatic carbocycles. The predicted octanol–water partition coefficient (Wildman–Crippen LogP) is 0.845. The second kappa shape index (κ2) is 3.85. The Labute approximate surface area is 85.5 Å². The number of hydrogen-bond acceptors (Lipinski definition) is 6. The van der Waals surface area contributed by atoms with E-state index in [1.807, 2.05) is 6.92 Å². The molecule has 0 aliphatic rings. The zero-order valence-electron chi connectivity index (χ0n) is 7.77. The number of hydrogen-bond donors (Lipinski definition) is 2. The summed E-state index contributed by atoms with van der Waals surface area (Å²) < 4.78 is 4.06. The Bertz CT molecular complexity index is 426. The molecule has 0 saturated heterocycles. The Balaban J connectivity index is 2.36. The molecule has 2 aromatic heterocycles. The molecule has 0 bridgehead atoms. The van der Waals surface area contributed by atoms with E-state index in [9.17, 15) is 0 Å². The van der Waals surface area contributed by atoms with Gasteiger partial charge >= 0.3 is 0 Å². The van der Waals surface area contributed by atoms with Crippen LogP contribution in [-0.4, -0.2) is 26.9 Å². The fraction of sp³-hybridized carbons (Fsp3) is 0.375. The summed E-state index contributed by atoms with van der Waals surface area (Å²) in [5.74, 6) is 0.807. The summed E-state index contributed by atoms with van der Waals surface area (Å²) in [6, 6.07) is 0.202. The largest absolute Gasteiger partial charge is 0.366 e. The van der Waals surface area contributed by atoms with Gasteiger partial charge in [0.15, 0.2) is 0 Å². The molecule has 2 heterocycles. The zero-order valence-corrected chi connectivity index (χ0v) is 8.58. The first-order valence-electron chi connectivity index (χ1n) is 4.33. The van der Waals surface area contributed by atoms with Gasteiger partial charge in [0.2, 0.25) is 0 Å². The molecule has 6 heteroatoms. The molecular formula is C8H11N5S. The average molecular weight is 209 g/mol. The van der Waals surface area contributed by atoms with E-state index >= 15 is 0 Å². The van der Waals surface area contributed by atoms with E-state index in [0.717, 1.165) is 16.0 Å². The normalized spacial score (nSPS) is 13.0. The van der Waals surface area contributed by atoms with Crippen LogP contribution in [0.15, 0.2) is 12.5 Å². The van der Waals surface area contributed by atoms with Gasteiger partial charge < -0.3 is 11.1 Å². The molecule has 0 saturated carbocycles. The van der Waals surface area contributed by atoms with Crippen LogP contribution in [0.1, 0.15) is 6.92 Å². The van der Waals surface area contributed by atoms with Crippen LogP contribution in [0.25, 0.3) is 10.2 Å². The molecule has 0 aliphatic carbocycles. The number of aromatic nitrogens is 3. The van der Waals surface area contributed by atoms with Gasteiger partial charge in [0.25, 0.3) is 0 Å². The van der Waals surface area contributed by atoms with Crippen molar-refractivity contribution in [2.75, 3.05) is 11.9 Å². The van der Waals surface area contributed by atoms with Crippen molar-refractivity contribution in [3.63, 3.8) is 0 Å². The van der Waals surface area contributed by atoms with Gasteiger partial charge in [0.1, 0.15) is 17.0 Å². The number of nitrogens with one attached hydrogen (secondary N) is 1. The van der Waals surface area contributed by atoms with E-state index in [2.05, 4.69) is 19.7 Å². The summed E-state index contributed by atoms with van der Waals surface area (Å²) in [7, 11) is 0. The third kappa shape index (κ3) is 1.66. The molecule has 5 nitrogen and oxygen atoms in total. The minimum Gasteiger partial charge on any atom is -0.366 e. The number of nitrogens with zero attached hydrogens (tertiary/aromatic N) is 3. The standard InChI is InChI=1S/C8H11N5S/c1-5(2-9)13-7-6-3-12-14-8(6)11-4-10-7/h3-5H,2,9H2,1H3,(H,10,11,13). The lowest BCUT2D eigenvalue weighted by Gasteiger charge is -2.11. The lowest BCUT2D eigenvalue weighted by Crippen LogP contribution is -2.25. The Morgan fingerprint density at radius 2 is 2.43 bits per heavy atom. The lowest BCUT2D eigenvalue weighted by molar-refractivity contribution is 0.799. The SMILES string of the molecule is CC(CN)Nc1ncnc2sncc12. The molecule has 0 aliphatic heterocycles. The highest BCUT2D eigenvalue weighted by molar-refractivity contribution is 7.12. The average Bonchev–Trinajstić information content (AvgIpc) is 2.66. The second-order valence-corrected chi connectivity index (χ2v) is 3.83. The van der Waals surface area contributed by atoms with Gasteiger partial charge in [-0.25, -0.2) is 9.97 Å². The van der Waals surface area contributed by atoms with Crippen molar-refractivity contribution in [2.45, 2.75) is 13.0 Å². The van der Waals surface area contributed by atoms with Gasteiger partial charge in [0.05, 0.1) is 11.6 Å². The predicted molar refractivity (Wildman–Crippen MR) is 57.3 cm³/mol. The van der Waals surface area contributed by atoms with Crippen LogP contribution in [0.4, 0.5) is 5.82 Å². The van der Waals surface area contributed by atoms with Gasteiger partial charge in [-0.15, -0.1) is 0 Å². The first-order valence-corrected chi connectivity index (χ1v) is 5.10. The molecule has 0 amide bonds. The van der Waals surface area contributed by atoms with Crippen molar-refractivity contribution in [1.82, 2.24) is 14.3 Å². The van der Waals surface area contributed by atoms with Crippen molar-refractivity contribution in [3.05, 3.63) is 12.5 Å². The van der Waals surface area contributed by atoms with Crippen LogP contribution in [-0.2, 0) is 0 Å². The fourth-order valence-corrected chi connectivity index (χ4v) is 1.70. The van der Waals surface area contributed by atoms with Gasteiger partial charge in [-0.1, -0.05) is 0 Å². The summed E-state index contributed by atoms with van der Waals surface area (Å²) in [5.41, 5.74) is 5.52. The first-order chi connectivity index (χ1) is 6.81. The molecule has 2 aromatic rings. The maximum Gasteiger partial charge on any atom is 0.148 e. The summed E-state index contributed by atoms with van der Waals surface area (Å²) in [6.45, 7) is 2.58. The lowest BCUT2D eigenvalue weighted by atomic mass is 10.3. The summed E-state index contributed by atoms with van der Waals surface area (Å²) in [6.07, 6.45) is 3.30. The quantitative estimate of drug-likeness (QED) is 0.783. The third-order valence-corrected chi connectivity index (χ3v) is 2.61. The molecule has 14 heavy (non-hydrogen) atoms. The minimum absolute atomic E-state index is 0.202. The Morgan fingerprint density at radius 3 is 3.21 bits per heavy atom. The highest BCUT2D eigenvalue weighted by Crippen LogP contribution is 2.21. The molecule has 0 spiro atoms. The molecule has 1 atom stereocenters. The highest BCUT2D eigenvalue weighted by Gasteiger charge is 2.07. The van der Waals surface area contributed by atoms with Crippen molar-refractivity contribution < 1.29 is 0 Å². The topological polar surface area (TPSA) is 76.7 Å². The van der Waals surface area contributed by atoms with E-state index in [0.29, 0.717) is 6.54 Å². The van der Waals surface area contributed by atoms with Gasteiger partial charge in [0, 0.05) is 12.6 Å². The third-order valence-electron chi connectivity index (χ3n) is 1.91. The van der Waals surface area contributed by atoms with Crippen LogP contribution >= 0.6 is 11.5 Å². The van der Waals surface area contributed by atoms with Crippen LogP contribution < -0.4 is 11.1 Å². The minimum atomic E-state index is 0.202. The number of fused-ring (bicyclic) bond motifs is 1. The van der Waals surface area contributed by atoms with Crippen molar-refractivity contribution in [1.29, 1.82) is 0 Å². The number of rotatable bonds is 3. The van der Waals surface area contributed by atoms with Crippen LogP contribution in [0.5, 0.6) is 0 Å². The smallest absolute Gasteiger partial charge is 0.148 e. The maximum atomic E-state index is 5.52. The van der Waals surface area contributed by atoms with Crippen LogP contribution in [0, 0.1) is 0 Å². The molecule has 3 N–H and O–H groups in total. The molecular weight excluding hydrogens is 198 g/mol. The summed E-state index contributed by atoms with van der Waals surface area (Å²) >= 11 is 1.36. The first kappa shape index (κ1) is 9.29. The van der Waals surface area contributed by atoms with Crippen molar-refractivity contribution in [2.24, 2.45) is 5.73 Å². The van der Waals surface area contributed by atoms with Crippen LogP contribution in [0.3, 0.4) is 0 Å². The van der Waals surface area contributed by atoms with E-state index in [1.165, 1.54) is 17.9 Å². The van der Waals surface area contributed by atoms with E-state index in [-0.39, 0.29) is 6.04 Å². The number of anilines is 1. The summed E-state index contributed by atoms with van der Waals surface area (Å²) in [4.78, 5) is 9.16. The zero-order chi connectivity index (χ0) is 9.97. The van der Waals surface area contributed by atoms with E-state index in [1.54, 1.807) is 6.20 Å². The molecule has 74 valence electrons. The fourth-order valence-electron chi connectivity index (χ4n) is 1.10. The Kier molecular flexibility index (Phi) is 2.55. The Morgan fingerprint density at radius 1 is 1.57 bits per heavy atom. The van der Waals surface area contributed by atoms with Gasteiger partial charge in [-0.2, -0.15) is 4.37 Å². The monoisotopic (exact) mass is 209 g/mol. The summed E-state index contributed by atoms with van der Waals surface area (Å²) in [5, 5.41) is 4.17. The molecule has 0 fully saturated rings.